The first-order chi connectivity index (χ1) is 9.63. The maximum Gasteiger partial charge on any atom is 0.275 e. The van der Waals surface area contributed by atoms with Crippen molar-refractivity contribution < 1.29 is 9.90 Å². The van der Waals surface area contributed by atoms with Crippen LogP contribution in [-0.2, 0) is 12.8 Å². The molecule has 0 radical (unpaired) electrons. The fourth-order valence-corrected chi connectivity index (χ4v) is 2.54. The first-order valence-corrected chi connectivity index (χ1v) is 7.29. The van der Waals surface area contributed by atoms with E-state index in [-0.39, 0.29) is 11.7 Å². The Balaban J connectivity index is 2.14. The Kier molecular flexibility index (Phi) is 4.70. The third-order valence-corrected chi connectivity index (χ3v) is 3.77. The van der Waals surface area contributed by atoms with Gasteiger partial charge in [-0.3, -0.25) is 4.79 Å². The zero-order valence-corrected chi connectivity index (χ0v) is 12.0. The van der Waals surface area contributed by atoms with Crippen molar-refractivity contribution >= 4 is 22.9 Å². The van der Waals surface area contributed by atoms with Crippen LogP contribution in [0.1, 0.15) is 28.0 Å². The van der Waals surface area contributed by atoms with Crippen LogP contribution in [0, 0.1) is 0 Å². The number of carbonyl (C=O) groups is 1. The quantitative estimate of drug-likeness (QED) is 0.737. The molecule has 0 aliphatic rings. The number of hydrogen-bond donors (Lipinski definition) is 3. The van der Waals surface area contributed by atoms with Gasteiger partial charge in [-0.05, 0) is 30.7 Å². The van der Waals surface area contributed by atoms with Gasteiger partial charge in [-0.15, -0.1) is 11.3 Å². The largest absolute Gasteiger partial charge is 0.506 e. The maximum absolute atomic E-state index is 12.1. The summed E-state index contributed by atoms with van der Waals surface area (Å²) < 4.78 is 0. The molecular formula is C14H17N3O2S. The van der Waals surface area contributed by atoms with E-state index < -0.39 is 0 Å². The number of aromatic nitrogens is 1. The van der Waals surface area contributed by atoms with Crippen molar-refractivity contribution in [3.05, 3.63) is 39.8 Å². The second-order valence-electron chi connectivity index (χ2n) is 4.32. The van der Waals surface area contributed by atoms with E-state index in [1.54, 1.807) is 17.5 Å². The molecule has 5 nitrogen and oxygen atoms in total. The molecule has 0 spiro atoms. The number of nitrogens with two attached hydrogens (primary N) is 1. The molecule has 4 N–H and O–H groups in total. The number of anilines is 1. The topological polar surface area (TPSA) is 88.2 Å². The highest BCUT2D eigenvalue weighted by atomic mass is 32.1. The van der Waals surface area contributed by atoms with Gasteiger partial charge in [-0.1, -0.05) is 13.0 Å². The average Bonchev–Trinajstić information content (AvgIpc) is 2.90. The molecule has 1 aromatic carbocycles. The molecule has 0 unspecified atom stereocenters. The summed E-state index contributed by atoms with van der Waals surface area (Å²) in [7, 11) is 0. The van der Waals surface area contributed by atoms with Gasteiger partial charge in [-0.25, -0.2) is 4.98 Å². The smallest absolute Gasteiger partial charge is 0.275 e. The number of thiazole rings is 1. The lowest BCUT2D eigenvalue weighted by Gasteiger charge is -2.07. The molecule has 2 rings (SSSR count). The summed E-state index contributed by atoms with van der Waals surface area (Å²) in [6, 6.07) is 5.17. The van der Waals surface area contributed by atoms with Gasteiger partial charge in [0.1, 0.15) is 11.4 Å². The van der Waals surface area contributed by atoms with E-state index in [0.29, 0.717) is 24.3 Å². The van der Waals surface area contributed by atoms with Crippen molar-refractivity contribution in [3.8, 4) is 5.75 Å². The summed E-state index contributed by atoms with van der Waals surface area (Å²) >= 11 is 1.41. The van der Waals surface area contributed by atoms with Gasteiger partial charge in [0, 0.05) is 11.8 Å². The lowest BCUT2D eigenvalue weighted by Crippen LogP contribution is -2.13. The van der Waals surface area contributed by atoms with Crippen LogP contribution in [0.2, 0.25) is 0 Å². The Morgan fingerprint density at radius 1 is 1.50 bits per heavy atom. The van der Waals surface area contributed by atoms with E-state index in [1.807, 2.05) is 13.0 Å². The molecule has 1 heterocycles. The summed E-state index contributed by atoms with van der Waals surface area (Å²) in [4.78, 5) is 16.3. The Bertz CT molecular complexity index is 610. The van der Waals surface area contributed by atoms with Crippen molar-refractivity contribution in [2.75, 3.05) is 11.9 Å². The number of amides is 1. The van der Waals surface area contributed by atoms with Gasteiger partial charge >= 0.3 is 0 Å². The van der Waals surface area contributed by atoms with E-state index >= 15 is 0 Å². The van der Waals surface area contributed by atoms with E-state index in [4.69, 9.17) is 5.73 Å². The van der Waals surface area contributed by atoms with Crippen molar-refractivity contribution in [1.82, 2.24) is 4.98 Å². The first-order valence-electron chi connectivity index (χ1n) is 6.41. The molecule has 0 aliphatic heterocycles. The Morgan fingerprint density at radius 2 is 2.30 bits per heavy atom. The number of aromatic hydroxyl groups is 1. The predicted octanol–water partition coefficient (Wildman–Crippen LogP) is 2.16. The minimum atomic E-state index is -0.326. The molecule has 1 amide bonds. The lowest BCUT2D eigenvalue weighted by molar-refractivity contribution is 0.102. The van der Waals surface area contributed by atoms with E-state index in [9.17, 15) is 9.90 Å². The Labute approximate surface area is 121 Å². The van der Waals surface area contributed by atoms with Crippen molar-refractivity contribution in [1.29, 1.82) is 0 Å². The number of phenolic OH excluding ortho intramolecular Hbond substituents is 1. The molecule has 6 heteroatoms. The highest BCUT2D eigenvalue weighted by Gasteiger charge is 2.13. The van der Waals surface area contributed by atoms with Gasteiger partial charge in [0.25, 0.3) is 5.91 Å². The fraction of sp³-hybridized carbons (Fsp3) is 0.286. The number of benzene rings is 1. The van der Waals surface area contributed by atoms with E-state index in [2.05, 4.69) is 10.3 Å². The number of nitrogens with zero attached hydrogens (tertiary/aromatic N) is 1. The van der Waals surface area contributed by atoms with Gasteiger partial charge < -0.3 is 16.2 Å². The van der Waals surface area contributed by atoms with Gasteiger partial charge in [0.05, 0.1) is 10.7 Å². The minimum Gasteiger partial charge on any atom is -0.506 e. The fourth-order valence-electron chi connectivity index (χ4n) is 1.74. The summed E-state index contributed by atoms with van der Waals surface area (Å²) in [5.74, 6) is -0.277. The second-order valence-corrected chi connectivity index (χ2v) is 5.27. The Hall–Kier alpha value is -1.92. The van der Waals surface area contributed by atoms with Gasteiger partial charge in [0.15, 0.2) is 0 Å². The average molecular weight is 291 g/mol. The number of hydrogen-bond acceptors (Lipinski definition) is 5. The van der Waals surface area contributed by atoms with Crippen LogP contribution in [0.3, 0.4) is 0 Å². The number of aryl methyl sites for hydroxylation is 1. The van der Waals surface area contributed by atoms with Crippen LogP contribution in [-0.4, -0.2) is 22.5 Å². The third kappa shape index (κ3) is 3.34. The lowest BCUT2D eigenvalue weighted by atomic mass is 10.1. The summed E-state index contributed by atoms with van der Waals surface area (Å²) in [5.41, 5.74) is 7.25. The van der Waals surface area contributed by atoms with Crippen molar-refractivity contribution in [3.63, 3.8) is 0 Å². The summed E-state index contributed by atoms with van der Waals surface area (Å²) in [6.45, 7) is 2.52. The predicted molar refractivity (Wildman–Crippen MR) is 80.3 cm³/mol. The second kappa shape index (κ2) is 6.49. The highest BCUT2D eigenvalue weighted by Crippen LogP contribution is 2.25. The summed E-state index contributed by atoms with van der Waals surface area (Å²) in [6.07, 6.45) is 1.50. The van der Waals surface area contributed by atoms with Gasteiger partial charge in [-0.2, -0.15) is 0 Å². The molecule has 0 bridgehead atoms. The SMILES string of the molecule is CCc1ccc(O)c(NC(=O)c2csc(CCN)n2)c1. The molecular weight excluding hydrogens is 274 g/mol. The van der Waals surface area contributed by atoms with E-state index in [1.165, 1.54) is 11.3 Å². The first kappa shape index (κ1) is 14.5. The molecule has 0 saturated carbocycles. The number of nitrogens with one attached hydrogen (secondary N) is 1. The number of rotatable bonds is 5. The van der Waals surface area contributed by atoms with Gasteiger partial charge in [0.2, 0.25) is 0 Å². The van der Waals surface area contributed by atoms with Crippen LogP contribution in [0.4, 0.5) is 5.69 Å². The van der Waals surface area contributed by atoms with Crippen LogP contribution >= 0.6 is 11.3 Å². The molecule has 1 aromatic heterocycles. The highest BCUT2D eigenvalue weighted by molar-refractivity contribution is 7.09. The molecule has 0 saturated heterocycles. The zero-order chi connectivity index (χ0) is 14.5. The van der Waals surface area contributed by atoms with Crippen molar-refractivity contribution in [2.24, 2.45) is 5.73 Å². The van der Waals surface area contributed by atoms with Crippen LogP contribution in [0.5, 0.6) is 5.75 Å². The number of phenols is 1. The zero-order valence-electron chi connectivity index (χ0n) is 11.2. The molecule has 0 aliphatic carbocycles. The normalized spacial score (nSPS) is 10.5. The minimum absolute atomic E-state index is 0.0490. The molecule has 106 valence electrons. The molecule has 20 heavy (non-hydrogen) atoms. The number of carbonyl (C=O) groups excluding carboxylic acids is 1. The molecule has 0 atom stereocenters. The molecule has 0 fully saturated rings. The van der Waals surface area contributed by atoms with Crippen LogP contribution in [0.25, 0.3) is 0 Å². The standard InChI is InChI=1S/C14H17N3O2S/c1-2-9-3-4-12(18)10(7-9)17-14(19)11-8-20-13(16-11)5-6-15/h3-4,7-8,18H,2,5-6,15H2,1H3,(H,17,19). The maximum atomic E-state index is 12.1. The van der Waals surface area contributed by atoms with Crippen molar-refractivity contribution in [2.45, 2.75) is 19.8 Å². The van der Waals surface area contributed by atoms with Crippen LogP contribution < -0.4 is 11.1 Å². The Morgan fingerprint density at radius 3 is 3.00 bits per heavy atom. The van der Waals surface area contributed by atoms with E-state index in [0.717, 1.165) is 17.0 Å². The monoisotopic (exact) mass is 291 g/mol. The molecule has 2 aromatic rings. The third-order valence-electron chi connectivity index (χ3n) is 2.86. The summed E-state index contributed by atoms with van der Waals surface area (Å²) in [5, 5.41) is 15.0. The van der Waals surface area contributed by atoms with Crippen LogP contribution in [0.15, 0.2) is 23.6 Å².